The van der Waals surface area contributed by atoms with Crippen LogP contribution in [0.1, 0.15) is 16.7 Å². The van der Waals surface area contributed by atoms with Gasteiger partial charge in [-0.1, -0.05) is 72.8 Å². The first-order chi connectivity index (χ1) is 12.1. The molecule has 3 rings (SSSR count). The Bertz CT molecular complexity index is 808. The molecule has 0 radical (unpaired) electrons. The van der Waals surface area contributed by atoms with Crippen LogP contribution >= 0.6 is 0 Å². The van der Waals surface area contributed by atoms with E-state index in [4.69, 9.17) is 0 Å². The molecule has 0 fully saturated rings. The zero-order valence-corrected chi connectivity index (χ0v) is 13.6. The van der Waals surface area contributed by atoms with Crippen molar-refractivity contribution in [2.75, 3.05) is 5.32 Å². The lowest BCUT2D eigenvalue weighted by atomic mass is 9.85. The number of aliphatic hydroxyl groups is 2. The summed E-state index contributed by atoms with van der Waals surface area (Å²) in [7, 11) is 0. The van der Waals surface area contributed by atoms with E-state index >= 15 is 0 Å². The van der Waals surface area contributed by atoms with Gasteiger partial charge in [-0.25, -0.2) is 0 Å². The van der Waals surface area contributed by atoms with E-state index in [0.29, 0.717) is 22.4 Å². The maximum absolute atomic E-state index is 13.0. The molecule has 0 saturated carbocycles. The third-order valence-electron chi connectivity index (χ3n) is 4.08. The number of rotatable bonds is 5. The van der Waals surface area contributed by atoms with Gasteiger partial charge in [-0.2, -0.15) is 0 Å². The summed E-state index contributed by atoms with van der Waals surface area (Å²) >= 11 is 0. The van der Waals surface area contributed by atoms with Crippen molar-refractivity contribution in [2.24, 2.45) is 0 Å². The molecule has 0 aliphatic carbocycles. The highest BCUT2D eigenvalue weighted by molar-refractivity contribution is 6.00. The van der Waals surface area contributed by atoms with Gasteiger partial charge < -0.3 is 15.5 Å². The molecule has 0 atom stereocenters. The van der Waals surface area contributed by atoms with E-state index in [1.54, 1.807) is 72.8 Å². The van der Waals surface area contributed by atoms with E-state index in [-0.39, 0.29) is 6.61 Å². The molecule has 4 heteroatoms. The van der Waals surface area contributed by atoms with Gasteiger partial charge in [0.05, 0.1) is 6.61 Å². The van der Waals surface area contributed by atoms with Crippen LogP contribution < -0.4 is 5.32 Å². The normalized spacial score (nSPS) is 11.1. The fraction of sp³-hybridized carbons (Fsp3) is 0.0952. The lowest BCUT2D eigenvalue weighted by Gasteiger charge is -2.28. The van der Waals surface area contributed by atoms with Crippen molar-refractivity contribution < 1.29 is 15.0 Å². The molecule has 25 heavy (non-hydrogen) atoms. The Balaban J connectivity index is 2.01. The zero-order chi connectivity index (χ0) is 17.7. The first-order valence-electron chi connectivity index (χ1n) is 7.99. The smallest absolute Gasteiger partial charge is 0.265 e. The van der Waals surface area contributed by atoms with Crippen molar-refractivity contribution >= 4 is 11.6 Å². The topological polar surface area (TPSA) is 69.6 Å². The molecule has 1 amide bonds. The molecular weight excluding hydrogens is 314 g/mol. The molecule has 3 aromatic carbocycles. The Kier molecular flexibility index (Phi) is 4.93. The average Bonchev–Trinajstić information content (AvgIpc) is 2.68. The van der Waals surface area contributed by atoms with Gasteiger partial charge in [-0.15, -0.1) is 0 Å². The van der Waals surface area contributed by atoms with Crippen LogP contribution in [0, 0.1) is 0 Å². The third kappa shape index (κ3) is 3.45. The van der Waals surface area contributed by atoms with Crippen LogP contribution in [-0.2, 0) is 17.0 Å². The fourth-order valence-corrected chi connectivity index (χ4v) is 2.76. The molecule has 4 nitrogen and oxygen atoms in total. The summed E-state index contributed by atoms with van der Waals surface area (Å²) in [6.07, 6.45) is 0. The zero-order valence-electron chi connectivity index (χ0n) is 13.6. The number of nitrogens with one attached hydrogen (secondary N) is 1. The van der Waals surface area contributed by atoms with Crippen LogP contribution in [0.4, 0.5) is 5.69 Å². The number of carbonyl (C=O) groups excluding carboxylic acids is 1. The first-order valence-corrected chi connectivity index (χ1v) is 7.99. The minimum absolute atomic E-state index is 0.120. The number of aliphatic hydroxyl groups excluding tert-OH is 1. The van der Waals surface area contributed by atoms with Crippen molar-refractivity contribution in [3.8, 4) is 0 Å². The first kappa shape index (κ1) is 16.9. The van der Waals surface area contributed by atoms with Gasteiger partial charge >= 0.3 is 0 Å². The van der Waals surface area contributed by atoms with Crippen molar-refractivity contribution in [2.45, 2.75) is 12.2 Å². The van der Waals surface area contributed by atoms with Gasteiger partial charge in [-0.05, 0) is 28.8 Å². The predicted molar refractivity (Wildman–Crippen MR) is 96.9 cm³/mol. The van der Waals surface area contributed by atoms with E-state index in [9.17, 15) is 15.0 Å². The SMILES string of the molecule is O=C(Nc1cccc(CO)c1)C(O)(c1ccccc1)c1ccccc1. The van der Waals surface area contributed by atoms with Gasteiger partial charge in [0.15, 0.2) is 5.60 Å². The predicted octanol–water partition coefficient (Wildman–Crippen LogP) is 3.05. The summed E-state index contributed by atoms with van der Waals surface area (Å²) in [4.78, 5) is 13.0. The summed E-state index contributed by atoms with van der Waals surface area (Å²) in [6.45, 7) is -0.120. The second kappa shape index (κ2) is 7.30. The van der Waals surface area contributed by atoms with Crippen LogP contribution in [0.5, 0.6) is 0 Å². The number of benzene rings is 3. The van der Waals surface area contributed by atoms with Crippen molar-refractivity contribution in [1.29, 1.82) is 0 Å². The Morgan fingerprint density at radius 3 is 1.92 bits per heavy atom. The summed E-state index contributed by atoms with van der Waals surface area (Å²) in [5.41, 5.74) is 0.342. The maximum atomic E-state index is 13.0. The molecule has 3 aromatic rings. The monoisotopic (exact) mass is 333 g/mol. The van der Waals surface area contributed by atoms with E-state index in [1.807, 2.05) is 12.1 Å². The van der Waals surface area contributed by atoms with Gasteiger partial charge in [0, 0.05) is 5.69 Å². The van der Waals surface area contributed by atoms with Gasteiger partial charge in [-0.3, -0.25) is 4.79 Å². The Hall–Kier alpha value is -2.95. The molecule has 0 aliphatic heterocycles. The number of carbonyl (C=O) groups is 1. The standard InChI is InChI=1S/C21H19NO3/c23-15-16-8-7-13-19(14-16)22-20(24)21(25,17-9-3-1-4-10-17)18-11-5-2-6-12-18/h1-14,23,25H,15H2,(H,22,24). The van der Waals surface area contributed by atoms with Crippen LogP contribution in [0.2, 0.25) is 0 Å². The molecule has 126 valence electrons. The minimum Gasteiger partial charge on any atom is -0.392 e. The van der Waals surface area contributed by atoms with Crippen molar-refractivity contribution in [3.05, 3.63) is 102 Å². The van der Waals surface area contributed by atoms with Gasteiger partial charge in [0.1, 0.15) is 0 Å². The fourth-order valence-electron chi connectivity index (χ4n) is 2.76. The molecule has 0 saturated heterocycles. The molecule has 0 aliphatic rings. The summed E-state index contributed by atoms with van der Waals surface area (Å²) in [5, 5.41) is 23.4. The second-order valence-corrected chi connectivity index (χ2v) is 5.76. The Labute approximate surface area is 146 Å². The highest BCUT2D eigenvalue weighted by Crippen LogP contribution is 2.31. The van der Waals surface area contributed by atoms with Crippen LogP contribution in [0.15, 0.2) is 84.9 Å². The van der Waals surface area contributed by atoms with E-state index in [1.165, 1.54) is 0 Å². The molecule has 3 N–H and O–H groups in total. The van der Waals surface area contributed by atoms with Gasteiger partial charge in [0.25, 0.3) is 5.91 Å². The second-order valence-electron chi connectivity index (χ2n) is 5.76. The third-order valence-corrected chi connectivity index (χ3v) is 4.08. The minimum atomic E-state index is -1.82. The average molecular weight is 333 g/mol. The maximum Gasteiger partial charge on any atom is 0.265 e. The molecule has 0 unspecified atom stereocenters. The van der Waals surface area contributed by atoms with Crippen molar-refractivity contribution in [3.63, 3.8) is 0 Å². The summed E-state index contributed by atoms with van der Waals surface area (Å²) in [6, 6.07) is 24.6. The highest BCUT2D eigenvalue weighted by atomic mass is 16.3. The van der Waals surface area contributed by atoms with Gasteiger partial charge in [0.2, 0.25) is 0 Å². The summed E-state index contributed by atoms with van der Waals surface area (Å²) in [5.74, 6) is -0.556. The Morgan fingerprint density at radius 1 is 0.840 bits per heavy atom. The van der Waals surface area contributed by atoms with Crippen LogP contribution in [0.3, 0.4) is 0 Å². The van der Waals surface area contributed by atoms with E-state index < -0.39 is 11.5 Å². The molecular formula is C21H19NO3. The molecule has 0 bridgehead atoms. The highest BCUT2D eigenvalue weighted by Gasteiger charge is 2.39. The molecule has 0 aromatic heterocycles. The van der Waals surface area contributed by atoms with Crippen LogP contribution in [0.25, 0.3) is 0 Å². The number of amides is 1. The quantitative estimate of drug-likeness (QED) is 0.672. The number of anilines is 1. The van der Waals surface area contributed by atoms with E-state index in [2.05, 4.69) is 5.32 Å². The van der Waals surface area contributed by atoms with Crippen LogP contribution in [-0.4, -0.2) is 16.1 Å². The molecule has 0 heterocycles. The number of hydrogen-bond acceptors (Lipinski definition) is 3. The largest absolute Gasteiger partial charge is 0.392 e. The molecule has 0 spiro atoms. The van der Waals surface area contributed by atoms with Crippen molar-refractivity contribution in [1.82, 2.24) is 0 Å². The lowest BCUT2D eigenvalue weighted by Crippen LogP contribution is -2.41. The van der Waals surface area contributed by atoms with E-state index in [0.717, 1.165) is 0 Å². The summed E-state index contributed by atoms with van der Waals surface area (Å²) < 4.78 is 0. The Morgan fingerprint density at radius 2 is 1.40 bits per heavy atom. The number of hydrogen-bond donors (Lipinski definition) is 3. The lowest BCUT2D eigenvalue weighted by molar-refractivity contribution is -0.131.